The lowest BCUT2D eigenvalue weighted by molar-refractivity contribution is -0.140. The number of aliphatic carboxylic acids is 1. The molecule has 4 nitrogen and oxygen atoms in total. The minimum absolute atomic E-state index is 0.353. The monoisotopic (exact) mass is 305 g/mol. The molecule has 0 saturated heterocycles. The number of carboxylic acids is 1. The molecule has 0 bridgehead atoms. The van der Waals surface area contributed by atoms with E-state index in [1.165, 1.54) is 11.3 Å². The summed E-state index contributed by atoms with van der Waals surface area (Å²) >= 11 is 1.24. The molecule has 2 N–H and O–H groups in total. The van der Waals surface area contributed by atoms with Crippen molar-refractivity contribution in [1.29, 1.82) is 0 Å². The Hall–Kier alpha value is -1.50. The number of rotatable bonds is 7. The van der Waals surface area contributed by atoms with Gasteiger partial charge in [0.1, 0.15) is 6.04 Å². The number of thiophene rings is 1. The summed E-state index contributed by atoms with van der Waals surface area (Å²) in [6.45, 7) is 3.89. The van der Waals surface area contributed by atoms with Gasteiger partial charge in [0, 0.05) is 11.3 Å². The van der Waals surface area contributed by atoms with Gasteiger partial charge >= 0.3 is 5.97 Å². The van der Waals surface area contributed by atoms with E-state index >= 15 is 0 Å². The van der Waals surface area contributed by atoms with Crippen LogP contribution in [0.25, 0.3) is 0 Å². The highest BCUT2D eigenvalue weighted by Gasteiger charge is 2.25. The normalized spacial score (nSPS) is 12.4. The minimum atomic E-state index is -2.78. The number of hydrogen-bond acceptors (Lipinski definition) is 3. The van der Waals surface area contributed by atoms with Gasteiger partial charge in [-0.25, -0.2) is 13.6 Å². The molecule has 112 valence electrons. The quantitative estimate of drug-likeness (QED) is 0.814. The van der Waals surface area contributed by atoms with E-state index in [-0.39, 0.29) is 0 Å². The third-order valence-electron chi connectivity index (χ3n) is 2.78. The molecular weight excluding hydrogens is 288 g/mol. The summed E-state index contributed by atoms with van der Waals surface area (Å²) < 4.78 is 24.5. The summed E-state index contributed by atoms with van der Waals surface area (Å²) in [6, 6.07) is 0.125. The molecule has 1 rings (SSSR count). The topological polar surface area (TPSA) is 66.4 Å². The molecule has 0 aliphatic rings. The number of carboxylic acid groups (broad SMARTS) is 1. The first-order valence-corrected chi connectivity index (χ1v) is 7.07. The molecule has 1 unspecified atom stereocenters. The van der Waals surface area contributed by atoms with Crippen molar-refractivity contribution < 1.29 is 23.5 Å². The van der Waals surface area contributed by atoms with Crippen molar-refractivity contribution in [2.45, 2.75) is 45.6 Å². The molecule has 0 aromatic carbocycles. The Bertz CT molecular complexity index is 488. The van der Waals surface area contributed by atoms with Crippen molar-refractivity contribution in [3.8, 4) is 0 Å². The van der Waals surface area contributed by atoms with Crippen LogP contribution in [0, 0.1) is 6.92 Å². The maximum Gasteiger partial charge on any atom is 0.326 e. The van der Waals surface area contributed by atoms with E-state index in [1.807, 2.05) is 13.8 Å². The Morgan fingerprint density at radius 2 is 2.10 bits per heavy atom. The number of nitrogens with one attached hydrogen (secondary N) is 1. The molecule has 1 heterocycles. The molecule has 1 atom stereocenters. The van der Waals surface area contributed by atoms with Crippen LogP contribution in [0.15, 0.2) is 6.07 Å². The number of halogens is 2. The van der Waals surface area contributed by atoms with Crippen LogP contribution in [-0.2, 0) is 11.2 Å². The number of carbonyl (C=O) groups is 2. The maximum atomic E-state index is 12.3. The van der Waals surface area contributed by atoms with E-state index in [4.69, 9.17) is 5.11 Å². The Balaban J connectivity index is 2.78. The van der Waals surface area contributed by atoms with Crippen LogP contribution in [0.4, 0.5) is 8.78 Å². The summed E-state index contributed by atoms with van der Waals surface area (Å²) in [4.78, 5) is 24.1. The number of carbonyl (C=O) groups excluding carboxylic acids is 1. The lowest BCUT2D eigenvalue weighted by Gasteiger charge is -2.13. The smallest absolute Gasteiger partial charge is 0.326 e. The maximum absolute atomic E-state index is 12.3. The molecule has 1 amide bonds. The molecule has 1 aromatic heterocycles. The molecule has 1 aromatic rings. The zero-order valence-electron chi connectivity index (χ0n) is 11.3. The van der Waals surface area contributed by atoms with Gasteiger partial charge in [0.05, 0.1) is 4.88 Å². The van der Waals surface area contributed by atoms with Crippen molar-refractivity contribution in [3.05, 3.63) is 21.4 Å². The third-order valence-corrected chi connectivity index (χ3v) is 3.87. The number of alkyl halides is 2. The summed E-state index contributed by atoms with van der Waals surface area (Å²) in [7, 11) is 0. The van der Waals surface area contributed by atoms with E-state index < -0.39 is 30.8 Å². The number of aryl methyl sites for hydroxylation is 2. The van der Waals surface area contributed by atoms with Gasteiger partial charge in [-0.05, 0) is 25.0 Å². The molecule has 0 aliphatic heterocycles. The highest BCUT2D eigenvalue weighted by molar-refractivity contribution is 7.14. The summed E-state index contributed by atoms with van der Waals surface area (Å²) in [5, 5.41) is 11.0. The molecular formula is C13H17F2NO3S. The third kappa shape index (κ3) is 4.56. The first-order chi connectivity index (χ1) is 9.35. The van der Waals surface area contributed by atoms with Crippen molar-refractivity contribution in [3.63, 3.8) is 0 Å². The van der Waals surface area contributed by atoms with E-state index in [9.17, 15) is 18.4 Å². The largest absolute Gasteiger partial charge is 0.480 e. The average molecular weight is 305 g/mol. The second kappa shape index (κ2) is 7.33. The zero-order chi connectivity index (χ0) is 15.3. The van der Waals surface area contributed by atoms with Crippen LogP contribution in [0.5, 0.6) is 0 Å². The van der Waals surface area contributed by atoms with Gasteiger partial charge in [0.15, 0.2) is 0 Å². The molecule has 0 radical (unpaired) electrons. The fourth-order valence-electron chi connectivity index (χ4n) is 1.78. The minimum Gasteiger partial charge on any atom is -0.480 e. The van der Waals surface area contributed by atoms with Crippen LogP contribution in [-0.4, -0.2) is 29.5 Å². The second-order valence-electron chi connectivity index (χ2n) is 4.43. The second-order valence-corrected chi connectivity index (χ2v) is 5.69. The van der Waals surface area contributed by atoms with Crippen LogP contribution in [0.2, 0.25) is 0 Å². The standard InChI is InChI=1S/C13H17F2NO3S/c1-3-4-8-5-10(20-7(8)2)12(17)16-9(13(18)19)6-11(14)15/h5,9,11H,3-4,6H2,1-2H3,(H,16,17)(H,18,19). The lowest BCUT2D eigenvalue weighted by Crippen LogP contribution is -2.41. The SMILES string of the molecule is CCCc1cc(C(=O)NC(CC(F)F)C(=O)O)sc1C. The average Bonchev–Trinajstić information content (AvgIpc) is 2.70. The van der Waals surface area contributed by atoms with Gasteiger partial charge < -0.3 is 10.4 Å². The fourth-order valence-corrected chi connectivity index (χ4v) is 2.75. The fraction of sp³-hybridized carbons (Fsp3) is 0.538. The van der Waals surface area contributed by atoms with Gasteiger partial charge in [0.2, 0.25) is 6.43 Å². The first-order valence-electron chi connectivity index (χ1n) is 6.26. The van der Waals surface area contributed by atoms with E-state index in [0.717, 1.165) is 23.3 Å². The van der Waals surface area contributed by atoms with Gasteiger partial charge in [-0.15, -0.1) is 11.3 Å². The van der Waals surface area contributed by atoms with Crippen molar-refractivity contribution in [2.24, 2.45) is 0 Å². The number of hydrogen-bond donors (Lipinski definition) is 2. The Morgan fingerprint density at radius 3 is 2.60 bits per heavy atom. The number of amides is 1. The lowest BCUT2D eigenvalue weighted by atomic mass is 10.1. The van der Waals surface area contributed by atoms with Gasteiger partial charge in [-0.1, -0.05) is 13.3 Å². The van der Waals surface area contributed by atoms with E-state index in [0.29, 0.717) is 4.88 Å². The van der Waals surface area contributed by atoms with Crippen molar-refractivity contribution in [1.82, 2.24) is 5.32 Å². The Morgan fingerprint density at radius 1 is 1.45 bits per heavy atom. The first kappa shape index (κ1) is 16.6. The molecule has 0 fully saturated rings. The zero-order valence-corrected chi connectivity index (χ0v) is 12.1. The Kier molecular flexibility index (Phi) is 6.06. The van der Waals surface area contributed by atoms with E-state index in [1.54, 1.807) is 6.07 Å². The van der Waals surface area contributed by atoms with Crippen LogP contribution < -0.4 is 5.32 Å². The molecule has 0 saturated carbocycles. The summed E-state index contributed by atoms with van der Waals surface area (Å²) in [6.07, 6.45) is -1.92. The highest BCUT2D eigenvalue weighted by atomic mass is 32.1. The predicted octanol–water partition coefficient (Wildman–Crippen LogP) is 2.85. The van der Waals surface area contributed by atoms with Crippen molar-refractivity contribution in [2.75, 3.05) is 0 Å². The van der Waals surface area contributed by atoms with Gasteiger partial charge in [0.25, 0.3) is 5.91 Å². The molecule has 0 spiro atoms. The van der Waals surface area contributed by atoms with Crippen molar-refractivity contribution >= 4 is 23.2 Å². The van der Waals surface area contributed by atoms with Crippen LogP contribution >= 0.6 is 11.3 Å². The van der Waals surface area contributed by atoms with Crippen LogP contribution in [0.3, 0.4) is 0 Å². The molecule has 0 aliphatic carbocycles. The van der Waals surface area contributed by atoms with Gasteiger partial charge in [-0.3, -0.25) is 4.79 Å². The summed E-state index contributed by atoms with van der Waals surface area (Å²) in [5.41, 5.74) is 1.03. The Labute approximate surface area is 119 Å². The van der Waals surface area contributed by atoms with Crippen LogP contribution in [0.1, 0.15) is 39.9 Å². The summed E-state index contributed by atoms with van der Waals surface area (Å²) in [5.74, 6) is -2.07. The highest BCUT2D eigenvalue weighted by Crippen LogP contribution is 2.23. The predicted molar refractivity (Wildman–Crippen MR) is 72.6 cm³/mol. The van der Waals surface area contributed by atoms with E-state index in [2.05, 4.69) is 5.32 Å². The molecule has 7 heteroatoms. The molecule has 20 heavy (non-hydrogen) atoms. The van der Waals surface area contributed by atoms with Gasteiger partial charge in [-0.2, -0.15) is 0 Å².